The number of hydrogen-bond donors (Lipinski definition) is 1. The Kier molecular flexibility index (Phi) is 4.65. The van der Waals surface area contributed by atoms with Gasteiger partial charge < -0.3 is 10.6 Å². The van der Waals surface area contributed by atoms with Gasteiger partial charge in [0.1, 0.15) is 0 Å². The number of rotatable bonds is 2. The van der Waals surface area contributed by atoms with Crippen LogP contribution in [0.2, 0.25) is 0 Å². The molecule has 114 valence electrons. The molecule has 4 heteroatoms. The summed E-state index contributed by atoms with van der Waals surface area (Å²) >= 11 is 3.53. The van der Waals surface area contributed by atoms with E-state index in [1.807, 2.05) is 6.07 Å². The molecular formula is C17H23BrN2O. The van der Waals surface area contributed by atoms with E-state index >= 15 is 0 Å². The molecule has 3 unspecified atom stereocenters. The second kappa shape index (κ2) is 6.49. The Labute approximate surface area is 135 Å². The van der Waals surface area contributed by atoms with Gasteiger partial charge in [0.15, 0.2) is 0 Å². The molecule has 1 aliphatic carbocycles. The first kappa shape index (κ1) is 15.0. The lowest BCUT2D eigenvalue weighted by molar-refractivity contribution is -0.137. The molecule has 1 aromatic carbocycles. The van der Waals surface area contributed by atoms with Crippen LogP contribution in [0.15, 0.2) is 28.7 Å². The number of likely N-dealkylation sites (tertiary alicyclic amines) is 1. The predicted molar refractivity (Wildman–Crippen MR) is 87.8 cm³/mol. The quantitative estimate of drug-likeness (QED) is 0.884. The Morgan fingerprint density at radius 1 is 1.24 bits per heavy atom. The van der Waals surface area contributed by atoms with Crippen LogP contribution in [0.4, 0.5) is 0 Å². The predicted octanol–water partition coefficient (Wildman–Crippen LogP) is 3.63. The first-order valence-corrected chi connectivity index (χ1v) is 8.76. The van der Waals surface area contributed by atoms with Gasteiger partial charge in [0.05, 0.1) is 6.04 Å². The van der Waals surface area contributed by atoms with E-state index in [0.717, 1.165) is 49.5 Å². The fraction of sp³-hybridized carbons (Fsp3) is 0.588. The topological polar surface area (TPSA) is 46.3 Å². The Balaban J connectivity index is 1.75. The summed E-state index contributed by atoms with van der Waals surface area (Å²) in [7, 11) is 0. The average Bonchev–Trinajstić information content (AvgIpc) is 2.96. The summed E-state index contributed by atoms with van der Waals surface area (Å²) < 4.78 is 1.08. The molecule has 0 spiro atoms. The van der Waals surface area contributed by atoms with Crippen LogP contribution in [0, 0.1) is 5.92 Å². The van der Waals surface area contributed by atoms with Crippen molar-refractivity contribution in [3.05, 3.63) is 34.3 Å². The summed E-state index contributed by atoms with van der Waals surface area (Å²) in [6.07, 6.45) is 6.20. The van der Waals surface area contributed by atoms with Crippen molar-refractivity contribution in [2.24, 2.45) is 11.7 Å². The second-order valence-electron chi connectivity index (χ2n) is 6.37. The number of hydrogen-bond acceptors (Lipinski definition) is 2. The minimum Gasteiger partial charge on any atom is -0.335 e. The van der Waals surface area contributed by atoms with Crippen molar-refractivity contribution in [2.75, 3.05) is 6.54 Å². The standard InChI is InChI=1S/C17H23BrN2O/c18-14-6-1-4-12(10-14)16-8-3-9-20(16)17(21)13-5-2-7-15(19)11-13/h1,4,6,10,13,15-16H,2-3,5,7-9,11,19H2. The van der Waals surface area contributed by atoms with Gasteiger partial charge in [0.2, 0.25) is 5.91 Å². The monoisotopic (exact) mass is 350 g/mol. The van der Waals surface area contributed by atoms with E-state index in [0.29, 0.717) is 5.91 Å². The highest BCUT2D eigenvalue weighted by Gasteiger charge is 2.35. The highest BCUT2D eigenvalue weighted by atomic mass is 79.9. The van der Waals surface area contributed by atoms with Crippen LogP contribution < -0.4 is 5.73 Å². The van der Waals surface area contributed by atoms with Crippen LogP contribution in [0.1, 0.15) is 50.1 Å². The lowest BCUT2D eigenvalue weighted by atomic mass is 9.85. The molecule has 1 saturated heterocycles. The number of nitrogens with two attached hydrogens (primary N) is 1. The van der Waals surface area contributed by atoms with Gasteiger partial charge in [-0.3, -0.25) is 4.79 Å². The highest BCUT2D eigenvalue weighted by molar-refractivity contribution is 9.10. The first-order valence-electron chi connectivity index (χ1n) is 7.96. The third-order valence-corrected chi connectivity index (χ3v) is 5.33. The molecule has 3 rings (SSSR count). The summed E-state index contributed by atoms with van der Waals surface area (Å²) in [5, 5.41) is 0. The third kappa shape index (κ3) is 3.32. The summed E-state index contributed by atoms with van der Waals surface area (Å²) in [4.78, 5) is 15.0. The molecule has 21 heavy (non-hydrogen) atoms. The Morgan fingerprint density at radius 2 is 2.10 bits per heavy atom. The SMILES string of the molecule is NC1CCCC(C(=O)N2CCCC2c2cccc(Br)c2)C1. The molecule has 1 aromatic rings. The van der Waals surface area contributed by atoms with Crippen molar-refractivity contribution in [1.29, 1.82) is 0 Å². The molecular weight excluding hydrogens is 328 g/mol. The van der Waals surface area contributed by atoms with Gasteiger partial charge in [-0.05, 0) is 49.8 Å². The zero-order chi connectivity index (χ0) is 14.8. The van der Waals surface area contributed by atoms with Crippen LogP contribution in [0.5, 0.6) is 0 Å². The molecule has 3 atom stereocenters. The van der Waals surface area contributed by atoms with Gasteiger partial charge in [-0.15, -0.1) is 0 Å². The van der Waals surface area contributed by atoms with Gasteiger partial charge in [0, 0.05) is 23.0 Å². The van der Waals surface area contributed by atoms with Crippen molar-refractivity contribution < 1.29 is 4.79 Å². The van der Waals surface area contributed by atoms with Gasteiger partial charge in [-0.1, -0.05) is 34.5 Å². The van der Waals surface area contributed by atoms with Gasteiger partial charge >= 0.3 is 0 Å². The van der Waals surface area contributed by atoms with Crippen molar-refractivity contribution >= 4 is 21.8 Å². The third-order valence-electron chi connectivity index (χ3n) is 4.83. The number of halogens is 1. The van der Waals surface area contributed by atoms with Gasteiger partial charge in [-0.2, -0.15) is 0 Å². The van der Waals surface area contributed by atoms with E-state index < -0.39 is 0 Å². The summed E-state index contributed by atoms with van der Waals surface area (Å²) in [6, 6.07) is 8.81. The van der Waals surface area contributed by atoms with Gasteiger partial charge in [-0.25, -0.2) is 0 Å². The number of benzene rings is 1. The first-order chi connectivity index (χ1) is 10.1. The number of nitrogens with zero attached hydrogens (tertiary/aromatic N) is 1. The van der Waals surface area contributed by atoms with Gasteiger partial charge in [0.25, 0.3) is 0 Å². The molecule has 2 fully saturated rings. The van der Waals surface area contributed by atoms with E-state index in [2.05, 4.69) is 39.0 Å². The molecule has 1 amide bonds. The van der Waals surface area contributed by atoms with Crippen molar-refractivity contribution in [3.8, 4) is 0 Å². The van der Waals surface area contributed by atoms with E-state index in [-0.39, 0.29) is 18.0 Å². The van der Waals surface area contributed by atoms with Crippen molar-refractivity contribution in [1.82, 2.24) is 4.90 Å². The molecule has 0 bridgehead atoms. The average molecular weight is 351 g/mol. The lowest BCUT2D eigenvalue weighted by Crippen LogP contribution is -2.40. The Morgan fingerprint density at radius 3 is 2.86 bits per heavy atom. The zero-order valence-corrected chi connectivity index (χ0v) is 13.9. The second-order valence-corrected chi connectivity index (χ2v) is 7.28. The fourth-order valence-corrected chi connectivity index (χ4v) is 4.19. The number of carbonyl (C=O) groups is 1. The van der Waals surface area contributed by atoms with E-state index in [1.54, 1.807) is 0 Å². The molecule has 0 radical (unpaired) electrons. The van der Waals surface area contributed by atoms with Crippen LogP contribution in [-0.4, -0.2) is 23.4 Å². The van der Waals surface area contributed by atoms with Crippen LogP contribution in [-0.2, 0) is 4.79 Å². The van der Waals surface area contributed by atoms with E-state index in [9.17, 15) is 4.79 Å². The summed E-state index contributed by atoms with van der Waals surface area (Å²) in [5.41, 5.74) is 7.30. The summed E-state index contributed by atoms with van der Waals surface area (Å²) in [5.74, 6) is 0.467. The number of carbonyl (C=O) groups excluding carboxylic acids is 1. The Bertz CT molecular complexity index is 519. The van der Waals surface area contributed by atoms with Crippen LogP contribution in [0.25, 0.3) is 0 Å². The number of amides is 1. The molecule has 2 aliphatic rings. The molecule has 1 aliphatic heterocycles. The van der Waals surface area contributed by atoms with E-state index in [1.165, 1.54) is 5.56 Å². The maximum absolute atomic E-state index is 12.9. The largest absolute Gasteiger partial charge is 0.335 e. The maximum atomic E-state index is 12.9. The fourth-order valence-electron chi connectivity index (χ4n) is 3.78. The Hall–Kier alpha value is -0.870. The molecule has 3 nitrogen and oxygen atoms in total. The van der Waals surface area contributed by atoms with Crippen LogP contribution in [0.3, 0.4) is 0 Å². The van der Waals surface area contributed by atoms with Crippen LogP contribution >= 0.6 is 15.9 Å². The lowest BCUT2D eigenvalue weighted by Gasteiger charge is -2.32. The summed E-state index contributed by atoms with van der Waals surface area (Å²) in [6.45, 7) is 0.891. The van der Waals surface area contributed by atoms with Crippen molar-refractivity contribution in [2.45, 2.75) is 50.6 Å². The highest BCUT2D eigenvalue weighted by Crippen LogP contribution is 2.36. The van der Waals surface area contributed by atoms with E-state index in [4.69, 9.17) is 5.73 Å². The normalized spacial score (nSPS) is 29.6. The molecule has 0 aromatic heterocycles. The smallest absolute Gasteiger partial charge is 0.226 e. The maximum Gasteiger partial charge on any atom is 0.226 e. The van der Waals surface area contributed by atoms with Crippen molar-refractivity contribution in [3.63, 3.8) is 0 Å². The molecule has 1 heterocycles. The minimum absolute atomic E-state index is 0.140. The molecule has 2 N–H and O–H groups in total. The molecule has 1 saturated carbocycles. The zero-order valence-electron chi connectivity index (χ0n) is 12.3. The minimum atomic E-state index is 0.140.